The topological polar surface area (TPSA) is 75.4 Å². The van der Waals surface area contributed by atoms with E-state index >= 15 is 0 Å². The number of anilines is 1. The number of benzene rings is 2. The number of halogens is 1. The van der Waals surface area contributed by atoms with E-state index in [0.29, 0.717) is 24.0 Å². The second kappa shape index (κ2) is 14.1. The molecule has 8 heteroatoms. The number of piperazine rings is 1. The van der Waals surface area contributed by atoms with E-state index in [1.54, 1.807) is 14.2 Å². The molecular formula is C25H38IN5O2. The average Bonchev–Trinajstić information content (AvgIpc) is 2.82. The number of rotatable bonds is 10. The van der Waals surface area contributed by atoms with E-state index in [9.17, 15) is 0 Å². The van der Waals surface area contributed by atoms with Gasteiger partial charge in [-0.05, 0) is 61.7 Å². The van der Waals surface area contributed by atoms with Crippen LogP contribution in [0.25, 0.3) is 0 Å². The third-order valence-electron chi connectivity index (χ3n) is 5.83. The Morgan fingerprint density at radius 1 is 1.00 bits per heavy atom. The van der Waals surface area contributed by atoms with Crippen LogP contribution in [0.3, 0.4) is 0 Å². The van der Waals surface area contributed by atoms with Crippen LogP contribution in [0.15, 0.2) is 47.5 Å². The van der Waals surface area contributed by atoms with Crippen molar-refractivity contribution in [3.8, 4) is 11.5 Å². The summed E-state index contributed by atoms with van der Waals surface area (Å²) in [7, 11) is 3.26. The molecule has 0 aliphatic carbocycles. The van der Waals surface area contributed by atoms with Gasteiger partial charge in [0.1, 0.15) is 0 Å². The van der Waals surface area contributed by atoms with Crippen LogP contribution >= 0.6 is 24.0 Å². The van der Waals surface area contributed by atoms with Gasteiger partial charge in [-0.2, -0.15) is 0 Å². The van der Waals surface area contributed by atoms with E-state index in [4.69, 9.17) is 15.2 Å². The monoisotopic (exact) mass is 567 g/mol. The number of ether oxygens (including phenoxy) is 2. The normalized spacial score (nSPS) is 14.5. The number of hydrogen-bond donors (Lipinski definition) is 2. The first-order chi connectivity index (χ1) is 15.6. The molecule has 2 aromatic carbocycles. The Balaban J connectivity index is 0.00000385. The van der Waals surface area contributed by atoms with Gasteiger partial charge in [0.05, 0.1) is 20.8 Å². The van der Waals surface area contributed by atoms with Gasteiger partial charge in [0.2, 0.25) is 0 Å². The summed E-state index contributed by atoms with van der Waals surface area (Å²) in [6.07, 6.45) is 2.23. The highest BCUT2D eigenvalue weighted by molar-refractivity contribution is 14.0. The molecule has 1 fully saturated rings. The van der Waals surface area contributed by atoms with Crippen LogP contribution < -0.4 is 25.4 Å². The minimum atomic E-state index is 0. The molecule has 3 rings (SSSR count). The van der Waals surface area contributed by atoms with E-state index in [1.807, 2.05) is 18.2 Å². The molecule has 0 bridgehead atoms. The Hall–Kier alpha value is -2.20. The molecule has 0 aromatic heterocycles. The van der Waals surface area contributed by atoms with Crippen LogP contribution in [0.2, 0.25) is 0 Å². The van der Waals surface area contributed by atoms with Gasteiger partial charge in [0.15, 0.2) is 17.5 Å². The fourth-order valence-corrected chi connectivity index (χ4v) is 3.94. The van der Waals surface area contributed by atoms with Crippen LogP contribution in [0.4, 0.5) is 5.69 Å². The maximum atomic E-state index is 6.02. The van der Waals surface area contributed by atoms with Crippen molar-refractivity contribution >= 4 is 35.6 Å². The van der Waals surface area contributed by atoms with Crippen LogP contribution in [0.1, 0.15) is 24.0 Å². The number of guanidine groups is 1. The molecule has 1 heterocycles. The summed E-state index contributed by atoms with van der Waals surface area (Å²) < 4.78 is 10.6. The highest BCUT2D eigenvalue weighted by Gasteiger charge is 2.16. The lowest BCUT2D eigenvalue weighted by Crippen LogP contribution is -2.46. The van der Waals surface area contributed by atoms with Crippen molar-refractivity contribution in [1.82, 2.24) is 10.2 Å². The SMILES string of the molecule is COc1ccc(CN=C(N)NCCCCN2CCN(c3cccc(C)c3)CC2)cc1OC.I. The Kier molecular flexibility index (Phi) is 11.6. The third kappa shape index (κ3) is 8.58. The van der Waals surface area contributed by atoms with Crippen molar-refractivity contribution in [3.05, 3.63) is 53.6 Å². The van der Waals surface area contributed by atoms with Gasteiger partial charge >= 0.3 is 0 Å². The number of nitrogens with one attached hydrogen (secondary N) is 1. The predicted octanol–water partition coefficient (Wildman–Crippen LogP) is 3.64. The Morgan fingerprint density at radius 2 is 1.76 bits per heavy atom. The van der Waals surface area contributed by atoms with Gasteiger partial charge in [-0.15, -0.1) is 24.0 Å². The molecule has 1 aliphatic heterocycles. The molecule has 0 spiro atoms. The van der Waals surface area contributed by atoms with E-state index in [1.165, 1.54) is 11.3 Å². The van der Waals surface area contributed by atoms with Gasteiger partial charge in [0, 0.05) is 38.4 Å². The maximum absolute atomic E-state index is 6.02. The van der Waals surface area contributed by atoms with Crippen molar-refractivity contribution in [3.63, 3.8) is 0 Å². The molecule has 0 amide bonds. The Morgan fingerprint density at radius 3 is 2.45 bits per heavy atom. The zero-order valence-electron chi connectivity index (χ0n) is 20.0. The third-order valence-corrected chi connectivity index (χ3v) is 5.83. The molecule has 3 N–H and O–H groups in total. The molecular weight excluding hydrogens is 529 g/mol. The van der Waals surface area contributed by atoms with Crippen molar-refractivity contribution < 1.29 is 9.47 Å². The fourth-order valence-electron chi connectivity index (χ4n) is 3.94. The van der Waals surface area contributed by atoms with Gasteiger partial charge in [-0.3, -0.25) is 4.90 Å². The molecule has 1 aliphatic rings. The predicted molar refractivity (Wildman–Crippen MR) is 147 cm³/mol. The molecule has 33 heavy (non-hydrogen) atoms. The molecule has 182 valence electrons. The summed E-state index contributed by atoms with van der Waals surface area (Å²) in [6.45, 7) is 9.06. The average molecular weight is 568 g/mol. The molecule has 0 radical (unpaired) electrons. The number of nitrogens with zero attached hydrogens (tertiary/aromatic N) is 3. The highest BCUT2D eigenvalue weighted by atomic mass is 127. The quantitative estimate of drug-likeness (QED) is 0.198. The van der Waals surface area contributed by atoms with E-state index < -0.39 is 0 Å². The fraction of sp³-hybridized carbons (Fsp3) is 0.480. The second-order valence-corrected chi connectivity index (χ2v) is 8.19. The number of hydrogen-bond acceptors (Lipinski definition) is 5. The number of methoxy groups -OCH3 is 2. The lowest BCUT2D eigenvalue weighted by molar-refractivity contribution is 0.253. The molecule has 0 saturated carbocycles. The minimum absolute atomic E-state index is 0. The highest BCUT2D eigenvalue weighted by Crippen LogP contribution is 2.27. The summed E-state index contributed by atoms with van der Waals surface area (Å²) in [5.41, 5.74) is 9.71. The van der Waals surface area contributed by atoms with Crippen LogP contribution in [-0.2, 0) is 6.54 Å². The zero-order valence-corrected chi connectivity index (χ0v) is 22.4. The van der Waals surface area contributed by atoms with Crippen molar-refractivity contribution in [2.24, 2.45) is 10.7 Å². The number of unbranched alkanes of at least 4 members (excludes halogenated alkanes) is 1. The Labute approximate surface area is 215 Å². The summed E-state index contributed by atoms with van der Waals surface area (Å²) in [4.78, 5) is 9.47. The van der Waals surface area contributed by atoms with Gasteiger partial charge < -0.3 is 25.4 Å². The van der Waals surface area contributed by atoms with Crippen molar-refractivity contribution in [2.45, 2.75) is 26.3 Å². The summed E-state index contributed by atoms with van der Waals surface area (Å²) in [5.74, 6) is 1.89. The van der Waals surface area contributed by atoms with Gasteiger partial charge in [-0.25, -0.2) is 4.99 Å². The Bertz CT molecular complexity index is 885. The van der Waals surface area contributed by atoms with E-state index in [-0.39, 0.29) is 24.0 Å². The first kappa shape index (κ1) is 27.0. The molecule has 1 saturated heterocycles. The maximum Gasteiger partial charge on any atom is 0.188 e. The van der Waals surface area contributed by atoms with Crippen LogP contribution in [0.5, 0.6) is 11.5 Å². The first-order valence-electron chi connectivity index (χ1n) is 11.4. The molecule has 0 unspecified atom stereocenters. The van der Waals surface area contributed by atoms with Gasteiger partial charge in [0.25, 0.3) is 0 Å². The lowest BCUT2D eigenvalue weighted by Gasteiger charge is -2.36. The number of aliphatic imine (C=N–C) groups is 1. The second-order valence-electron chi connectivity index (χ2n) is 8.19. The number of nitrogens with two attached hydrogens (primary N) is 1. The van der Waals surface area contributed by atoms with Crippen LogP contribution in [-0.4, -0.2) is 64.3 Å². The summed E-state index contributed by atoms with van der Waals surface area (Å²) >= 11 is 0. The summed E-state index contributed by atoms with van der Waals surface area (Å²) in [6, 6.07) is 14.6. The molecule has 0 atom stereocenters. The van der Waals surface area contributed by atoms with Crippen molar-refractivity contribution in [2.75, 3.05) is 58.4 Å². The largest absolute Gasteiger partial charge is 0.493 e. The van der Waals surface area contributed by atoms with E-state index in [0.717, 1.165) is 57.7 Å². The van der Waals surface area contributed by atoms with Gasteiger partial charge in [-0.1, -0.05) is 18.2 Å². The van der Waals surface area contributed by atoms with Crippen molar-refractivity contribution in [1.29, 1.82) is 0 Å². The lowest BCUT2D eigenvalue weighted by atomic mass is 10.2. The molecule has 2 aromatic rings. The minimum Gasteiger partial charge on any atom is -0.493 e. The zero-order chi connectivity index (χ0) is 22.8. The molecule has 7 nitrogen and oxygen atoms in total. The van der Waals surface area contributed by atoms with Crippen LogP contribution in [0, 0.1) is 6.92 Å². The smallest absolute Gasteiger partial charge is 0.188 e. The summed E-state index contributed by atoms with van der Waals surface area (Å²) in [5, 5.41) is 3.22. The first-order valence-corrected chi connectivity index (χ1v) is 11.4. The van der Waals surface area contributed by atoms with E-state index in [2.05, 4.69) is 51.3 Å². The number of aryl methyl sites for hydroxylation is 1. The standard InChI is InChI=1S/C25H37N5O2.HI/c1-20-7-6-8-22(17-20)30-15-13-29(14-16-30)12-5-4-11-27-25(26)28-19-21-9-10-23(31-2)24(18-21)32-3;/h6-10,17-18H,4-5,11-16,19H2,1-3H3,(H3,26,27,28);1H.